The van der Waals surface area contributed by atoms with Gasteiger partial charge in [0.15, 0.2) is 0 Å². The fraction of sp³-hybridized carbons (Fsp3) is 0.200. The number of benzene rings is 3. The number of fused-ring (bicyclic) bond motifs is 3. The molecule has 0 radical (unpaired) electrons. The van der Waals surface area contributed by atoms with Crippen LogP contribution in [0.5, 0.6) is 5.75 Å². The van der Waals surface area contributed by atoms with Crippen LogP contribution in [0.15, 0.2) is 71.6 Å². The third kappa shape index (κ3) is 3.48. The van der Waals surface area contributed by atoms with Crippen molar-refractivity contribution in [3.05, 3.63) is 94.1 Å². The molecule has 0 saturated carbocycles. The normalized spacial score (nSPS) is 16.8. The molecule has 1 aliphatic rings. The number of methoxy groups -OCH3 is 1. The molecule has 1 atom stereocenters. The average Bonchev–Trinajstić information content (AvgIpc) is 3.17. The molecule has 0 saturated heterocycles. The van der Waals surface area contributed by atoms with E-state index in [1.807, 2.05) is 49.4 Å². The van der Waals surface area contributed by atoms with Crippen LogP contribution in [-0.4, -0.2) is 31.4 Å². The summed E-state index contributed by atoms with van der Waals surface area (Å²) in [5.74, 6) is 0.729. The molecule has 0 bridgehead atoms. The fourth-order valence-corrected chi connectivity index (χ4v) is 6.17. The second-order valence-corrected chi connectivity index (χ2v) is 10.4. The molecular weight excluding hydrogens is 444 g/mol. The maximum atomic E-state index is 13.8. The molecule has 0 amide bonds. The average molecular weight is 467 g/mol. The summed E-state index contributed by atoms with van der Waals surface area (Å²) in [6, 6.07) is 19.8. The minimum absolute atomic E-state index is 0.294. The molecule has 3 aromatic carbocycles. The maximum absolute atomic E-state index is 13.8. The van der Waals surface area contributed by atoms with Gasteiger partial charge in [-0.1, -0.05) is 41.4 Å². The van der Waals surface area contributed by atoms with Crippen LogP contribution in [-0.2, 0) is 16.4 Å². The number of H-pyrrole nitrogens is 1. The summed E-state index contributed by atoms with van der Waals surface area (Å²) in [7, 11) is -2.11. The van der Waals surface area contributed by atoms with Crippen molar-refractivity contribution in [2.45, 2.75) is 24.3 Å². The standard InChI is InChI=1S/C25H23ClN2O3S/c1-16-3-10-20(11-4-16)32(29,30)28-14-13-23-24(25(28)17-5-7-18(26)8-6-17)21-15-19(31-2)9-12-22(21)27-23/h3-12,15,25,27H,13-14H2,1-2H3. The lowest BCUT2D eigenvalue weighted by Crippen LogP contribution is -2.40. The van der Waals surface area contributed by atoms with Gasteiger partial charge in [0.1, 0.15) is 5.75 Å². The molecule has 7 heteroatoms. The number of aromatic nitrogens is 1. The molecule has 1 N–H and O–H groups in total. The van der Waals surface area contributed by atoms with E-state index in [4.69, 9.17) is 16.3 Å². The van der Waals surface area contributed by atoms with Crippen molar-refractivity contribution in [2.75, 3.05) is 13.7 Å². The highest BCUT2D eigenvalue weighted by molar-refractivity contribution is 7.89. The SMILES string of the molecule is COc1ccc2[nH]c3c(c2c1)C(c1ccc(Cl)cc1)N(S(=O)(=O)c1ccc(C)cc1)CC3. The quantitative estimate of drug-likeness (QED) is 0.433. The van der Waals surface area contributed by atoms with Crippen LogP contribution in [0, 0.1) is 6.92 Å². The van der Waals surface area contributed by atoms with Crippen molar-refractivity contribution in [1.82, 2.24) is 9.29 Å². The molecule has 0 fully saturated rings. The van der Waals surface area contributed by atoms with E-state index in [-0.39, 0.29) is 0 Å². The first-order valence-electron chi connectivity index (χ1n) is 10.4. The molecule has 5 nitrogen and oxygen atoms in total. The van der Waals surface area contributed by atoms with Gasteiger partial charge in [-0.25, -0.2) is 8.42 Å². The number of sulfonamides is 1. The molecule has 0 spiro atoms. The number of rotatable bonds is 4. The zero-order valence-corrected chi connectivity index (χ0v) is 19.4. The number of nitrogens with zero attached hydrogens (tertiary/aromatic N) is 1. The van der Waals surface area contributed by atoms with Gasteiger partial charge < -0.3 is 9.72 Å². The van der Waals surface area contributed by atoms with Crippen molar-refractivity contribution in [2.24, 2.45) is 0 Å². The lowest BCUT2D eigenvalue weighted by molar-refractivity contribution is 0.344. The Labute approximate surface area is 192 Å². The lowest BCUT2D eigenvalue weighted by atomic mass is 9.92. The third-order valence-electron chi connectivity index (χ3n) is 6.08. The Morgan fingerprint density at radius 2 is 1.75 bits per heavy atom. The molecule has 1 aromatic heterocycles. The van der Waals surface area contributed by atoms with E-state index in [2.05, 4.69) is 4.98 Å². The van der Waals surface area contributed by atoms with Gasteiger partial charge in [-0.15, -0.1) is 0 Å². The predicted molar refractivity (Wildman–Crippen MR) is 127 cm³/mol. The van der Waals surface area contributed by atoms with Crippen LogP contribution < -0.4 is 4.74 Å². The molecule has 164 valence electrons. The molecule has 5 rings (SSSR count). The highest BCUT2D eigenvalue weighted by Gasteiger charge is 2.39. The highest BCUT2D eigenvalue weighted by Crippen LogP contribution is 2.43. The summed E-state index contributed by atoms with van der Waals surface area (Å²) in [6.07, 6.45) is 0.599. The van der Waals surface area contributed by atoms with Crippen molar-refractivity contribution >= 4 is 32.5 Å². The molecule has 32 heavy (non-hydrogen) atoms. The van der Waals surface area contributed by atoms with E-state index < -0.39 is 16.1 Å². The Kier molecular flexibility index (Phi) is 5.24. The van der Waals surface area contributed by atoms with Gasteiger partial charge in [0.25, 0.3) is 0 Å². The van der Waals surface area contributed by atoms with Crippen molar-refractivity contribution in [3.63, 3.8) is 0 Å². The largest absolute Gasteiger partial charge is 0.497 e. The molecule has 4 aromatic rings. The minimum atomic E-state index is -3.74. The molecule has 0 aliphatic carbocycles. The maximum Gasteiger partial charge on any atom is 0.243 e. The van der Waals surface area contributed by atoms with Gasteiger partial charge in [0.2, 0.25) is 10.0 Å². The monoisotopic (exact) mass is 466 g/mol. The zero-order chi connectivity index (χ0) is 22.5. The second kappa shape index (κ2) is 7.96. The highest BCUT2D eigenvalue weighted by atomic mass is 35.5. The molecular formula is C25H23ClN2O3S. The third-order valence-corrected chi connectivity index (χ3v) is 8.22. The van der Waals surface area contributed by atoms with Crippen LogP contribution in [0.2, 0.25) is 5.02 Å². The Morgan fingerprint density at radius 1 is 1.03 bits per heavy atom. The number of ether oxygens (including phenoxy) is 1. The van der Waals surface area contributed by atoms with Crippen LogP contribution in [0.1, 0.15) is 28.4 Å². The van der Waals surface area contributed by atoms with Crippen LogP contribution in [0.25, 0.3) is 10.9 Å². The van der Waals surface area contributed by atoms with Crippen molar-refractivity contribution < 1.29 is 13.2 Å². The van der Waals surface area contributed by atoms with E-state index in [9.17, 15) is 8.42 Å². The minimum Gasteiger partial charge on any atom is -0.497 e. The van der Waals surface area contributed by atoms with Crippen molar-refractivity contribution in [3.8, 4) is 5.75 Å². The van der Waals surface area contributed by atoms with E-state index in [0.717, 1.165) is 39.0 Å². The number of nitrogens with one attached hydrogen (secondary N) is 1. The first kappa shape index (κ1) is 21.1. The summed E-state index contributed by atoms with van der Waals surface area (Å²) >= 11 is 6.15. The Hall–Kier alpha value is -2.80. The van der Waals surface area contributed by atoms with Gasteiger partial charge in [0, 0.05) is 40.1 Å². The first-order chi connectivity index (χ1) is 15.4. The van der Waals surface area contributed by atoms with Crippen LogP contribution >= 0.6 is 11.6 Å². The van der Waals surface area contributed by atoms with Crippen molar-refractivity contribution in [1.29, 1.82) is 0 Å². The molecule has 1 unspecified atom stereocenters. The van der Waals surface area contributed by atoms with Crippen LogP contribution in [0.3, 0.4) is 0 Å². The molecule has 2 heterocycles. The topological polar surface area (TPSA) is 62.4 Å². The summed E-state index contributed by atoms with van der Waals surface area (Å²) in [4.78, 5) is 3.79. The smallest absolute Gasteiger partial charge is 0.243 e. The van der Waals surface area contributed by atoms with Gasteiger partial charge >= 0.3 is 0 Å². The molecule has 1 aliphatic heterocycles. The van der Waals surface area contributed by atoms with Gasteiger partial charge in [-0.2, -0.15) is 4.31 Å². The summed E-state index contributed by atoms with van der Waals surface area (Å²) in [6.45, 7) is 2.32. The summed E-state index contributed by atoms with van der Waals surface area (Å²) in [5, 5.41) is 1.57. The lowest BCUT2D eigenvalue weighted by Gasteiger charge is -2.35. The van der Waals surface area contributed by atoms with Gasteiger partial charge in [-0.05, 0) is 55.0 Å². The van der Waals surface area contributed by atoms with Gasteiger partial charge in [-0.3, -0.25) is 0 Å². The Bertz CT molecular complexity index is 1390. The summed E-state index contributed by atoms with van der Waals surface area (Å²) < 4.78 is 34.7. The Balaban J connectivity index is 1.74. The van der Waals surface area contributed by atoms with Crippen LogP contribution in [0.4, 0.5) is 0 Å². The number of halogens is 1. The number of hydrogen-bond donors (Lipinski definition) is 1. The first-order valence-corrected chi connectivity index (χ1v) is 12.2. The fourth-order valence-electron chi connectivity index (χ4n) is 4.46. The predicted octanol–water partition coefficient (Wildman–Crippen LogP) is 5.47. The summed E-state index contributed by atoms with van der Waals surface area (Å²) in [5.41, 5.74) is 4.86. The van der Waals surface area contributed by atoms with E-state index in [1.54, 1.807) is 35.7 Å². The van der Waals surface area contributed by atoms with E-state index >= 15 is 0 Å². The second-order valence-electron chi connectivity index (χ2n) is 8.06. The number of aryl methyl sites for hydroxylation is 1. The zero-order valence-electron chi connectivity index (χ0n) is 17.8. The van der Waals surface area contributed by atoms with E-state index in [1.165, 1.54) is 0 Å². The number of hydrogen-bond acceptors (Lipinski definition) is 3. The van der Waals surface area contributed by atoms with Gasteiger partial charge in [0.05, 0.1) is 18.0 Å². The Morgan fingerprint density at radius 3 is 2.44 bits per heavy atom. The number of aromatic amines is 1. The van der Waals surface area contributed by atoms with E-state index in [0.29, 0.717) is 22.9 Å².